The van der Waals surface area contributed by atoms with E-state index in [4.69, 9.17) is 5.73 Å². The van der Waals surface area contributed by atoms with Crippen molar-refractivity contribution in [3.05, 3.63) is 28.5 Å². The number of aromatic nitrogens is 1. The van der Waals surface area contributed by atoms with Crippen LogP contribution in [0.3, 0.4) is 0 Å². The Kier molecular flexibility index (Phi) is 4.55. The Balaban J connectivity index is 2.47. The average molecular weight is 257 g/mol. The summed E-state index contributed by atoms with van der Waals surface area (Å²) < 4.78 is 1.01. The van der Waals surface area contributed by atoms with Crippen LogP contribution in [0, 0.1) is 5.92 Å². The van der Waals surface area contributed by atoms with Crippen LogP contribution in [0.15, 0.2) is 22.8 Å². The topological polar surface area (TPSA) is 38.9 Å². The lowest BCUT2D eigenvalue weighted by Crippen LogP contribution is -2.25. The molecule has 14 heavy (non-hydrogen) atoms. The maximum atomic E-state index is 5.99. The van der Waals surface area contributed by atoms with Crippen molar-refractivity contribution in [2.24, 2.45) is 11.7 Å². The largest absolute Gasteiger partial charge is 0.327 e. The highest BCUT2D eigenvalue weighted by molar-refractivity contribution is 9.10. The smallest absolute Gasteiger partial charge is 0.0419 e. The minimum absolute atomic E-state index is 0.226. The van der Waals surface area contributed by atoms with Crippen molar-refractivity contribution < 1.29 is 0 Å². The third-order valence-corrected chi connectivity index (χ3v) is 2.50. The number of nitrogens with zero attached hydrogens (tertiary/aromatic N) is 1. The molecule has 2 nitrogen and oxygen atoms in total. The molecule has 0 aliphatic rings. The van der Waals surface area contributed by atoms with E-state index < -0.39 is 0 Å². The summed E-state index contributed by atoms with van der Waals surface area (Å²) in [4.78, 5) is 4.30. The Morgan fingerprint density at radius 3 is 2.64 bits per heavy atom. The molecule has 3 heteroatoms. The molecule has 0 bridgehead atoms. The molecule has 0 aliphatic carbocycles. The van der Waals surface area contributed by atoms with Crippen molar-refractivity contribution in [2.45, 2.75) is 32.7 Å². The van der Waals surface area contributed by atoms with Crippen molar-refractivity contribution >= 4 is 15.9 Å². The van der Waals surface area contributed by atoms with E-state index in [2.05, 4.69) is 34.8 Å². The minimum Gasteiger partial charge on any atom is -0.327 e. The number of pyridine rings is 1. The van der Waals surface area contributed by atoms with Crippen LogP contribution in [0.5, 0.6) is 0 Å². The van der Waals surface area contributed by atoms with Crippen LogP contribution in [0.2, 0.25) is 0 Å². The van der Waals surface area contributed by atoms with Crippen LogP contribution in [0.1, 0.15) is 26.0 Å². The highest BCUT2D eigenvalue weighted by Gasteiger charge is 2.07. The van der Waals surface area contributed by atoms with E-state index in [9.17, 15) is 0 Å². The Bertz CT molecular complexity index is 269. The fraction of sp³-hybridized carbons (Fsp3) is 0.545. The number of nitrogens with two attached hydrogens (primary N) is 1. The predicted octanol–water partition coefficient (Wildman–Crippen LogP) is 2.76. The summed E-state index contributed by atoms with van der Waals surface area (Å²) in [5, 5.41) is 0. The van der Waals surface area contributed by atoms with Crippen LogP contribution in [-0.4, -0.2) is 11.0 Å². The van der Waals surface area contributed by atoms with Gasteiger partial charge in [0.15, 0.2) is 0 Å². The van der Waals surface area contributed by atoms with Crippen LogP contribution in [0.4, 0.5) is 0 Å². The summed E-state index contributed by atoms with van der Waals surface area (Å²) >= 11 is 3.36. The molecule has 0 spiro atoms. The van der Waals surface area contributed by atoms with Crippen molar-refractivity contribution in [2.75, 3.05) is 0 Å². The van der Waals surface area contributed by atoms with Gasteiger partial charge in [0.25, 0.3) is 0 Å². The third-order valence-electron chi connectivity index (χ3n) is 2.03. The highest BCUT2D eigenvalue weighted by Crippen LogP contribution is 2.11. The molecule has 0 aromatic carbocycles. The first-order chi connectivity index (χ1) is 6.58. The van der Waals surface area contributed by atoms with Gasteiger partial charge >= 0.3 is 0 Å². The predicted molar refractivity (Wildman–Crippen MR) is 63.1 cm³/mol. The third kappa shape index (κ3) is 4.20. The Morgan fingerprint density at radius 2 is 2.14 bits per heavy atom. The van der Waals surface area contributed by atoms with Gasteiger partial charge in [-0.05, 0) is 40.4 Å². The van der Waals surface area contributed by atoms with Gasteiger partial charge in [-0.25, -0.2) is 0 Å². The monoisotopic (exact) mass is 256 g/mol. The van der Waals surface area contributed by atoms with Crippen LogP contribution >= 0.6 is 15.9 Å². The van der Waals surface area contributed by atoms with Crippen LogP contribution < -0.4 is 5.73 Å². The molecule has 1 heterocycles. The van der Waals surface area contributed by atoms with E-state index in [0.717, 1.165) is 23.0 Å². The Morgan fingerprint density at radius 1 is 1.43 bits per heavy atom. The molecule has 1 aromatic rings. The average Bonchev–Trinajstić information content (AvgIpc) is 2.07. The second-order valence-corrected chi connectivity index (χ2v) is 4.98. The first-order valence-corrected chi connectivity index (χ1v) is 5.73. The SMILES string of the molecule is CC(C)CC(N)Cc1ccc(Br)cn1. The molecule has 78 valence electrons. The molecule has 0 saturated carbocycles. The maximum absolute atomic E-state index is 5.99. The van der Waals surface area contributed by atoms with Gasteiger partial charge in [-0.2, -0.15) is 0 Å². The molecule has 0 fully saturated rings. The first-order valence-electron chi connectivity index (χ1n) is 4.94. The number of halogens is 1. The van der Waals surface area contributed by atoms with Crippen molar-refractivity contribution in [1.29, 1.82) is 0 Å². The summed E-state index contributed by atoms with van der Waals surface area (Å²) in [6.07, 6.45) is 3.74. The lowest BCUT2D eigenvalue weighted by molar-refractivity contribution is 0.490. The second-order valence-electron chi connectivity index (χ2n) is 4.06. The van der Waals surface area contributed by atoms with E-state index in [1.54, 1.807) is 0 Å². The number of rotatable bonds is 4. The Labute approximate surface area is 94.0 Å². The van der Waals surface area contributed by atoms with E-state index in [1.807, 2.05) is 18.3 Å². The molecule has 2 N–H and O–H groups in total. The first kappa shape index (κ1) is 11.7. The molecule has 0 saturated heterocycles. The van der Waals surface area contributed by atoms with Gasteiger partial charge in [-0.3, -0.25) is 4.98 Å². The van der Waals surface area contributed by atoms with Crippen LogP contribution in [-0.2, 0) is 6.42 Å². The normalized spacial score (nSPS) is 13.2. The van der Waals surface area contributed by atoms with Crippen molar-refractivity contribution in [3.8, 4) is 0 Å². The van der Waals surface area contributed by atoms with Gasteiger partial charge in [0.1, 0.15) is 0 Å². The van der Waals surface area contributed by atoms with Gasteiger partial charge in [-0.15, -0.1) is 0 Å². The zero-order valence-electron chi connectivity index (χ0n) is 8.70. The lowest BCUT2D eigenvalue weighted by Gasteiger charge is -2.13. The van der Waals surface area contributed by atoms with Gasteiger partial charge in [-0.1, -0.05) is 13.8 Å². The highest BCUT2D eigenvalue weighted by atomic mass is 79.9. The second kappa shape index (κ2) is 5.47. The lowest BCUT2D eigenvalue weighted by atomic mass is 10.0. The molecule has 1 unspecified atom stereocenters. The fourth-order valence-electron chi connectivity index (χ4n) is 1.48. The molecule has 0 aliphatic heterocycles. The molecule has 1 aromatic heterocycles. The van der Waals surface area contributed by atoms with Gasteiger partial charge in [0, 0.05) is 28.8 Å². The summed E-state index contributed by atoms with van der Waals surface area (Å²) in [7, 11) is 0. The summed E-state index contributed by atoms with van der Waals surface area (Å²) in [5.74, 6) is 0.653. The van der Waals surface area contributed by atoms with Crippen molar-refractivity contribution in [1.82, 2.24) is 4.98 Å². The summed E-state index contributed by atoms with van der Waals surface area (Å²) in [6.45, 7) is 4.38. The van der Waals surface area contributed by atoms with E-state index in [-0.39, 0.29) is 6.04 Å². The van der Waals surface area contributed by atoms with E-state index in [1.165, 1.54) is 0 Å². The van der Waals surface area contributed by atoms with Crippen molar-refractivity contribution in [3.63, 3.8) is 0 Å². The van der Waals surface area contributed by atoms with Gasteiger partial charge in [0.2, 0.25) is 0 Å². The molecule has 0 amide bonds. The number of hydrogen-bond donors (Lipinski definition) is 1. The molecular formula is C11H17BrN2. The fourth-order valence-corrected chi connectivity index (χ4v) is 1.72. The zero-order chi connectivity index (χ0) is 10.6. The molecule has 1 rings (SSSR count). The number of hydrogen-bond acceptors (Lipinski definition) is 2. The standard InChI is InChI=1S/C11H17BrN2/c1-8(2)5-10(13)6-11-4-3-9(12)7-14-11/h3-4,7-8,10H,5-6,13H2,1-2H3. The molecular weight excluding hydrogens is 240 g/mol. The van der Waals surface area contributed by atoms with E-state index >= 15 is 0 Å². The molecule has 1 atom stereocenters. The summed E-state index contributed by atoms with van der Waals surface area (Å²) in [6, 6.07) is 4.25. The summed E-state index contributed by atoms with van der Waals surface area (Å²) in [5.41, 5.74) is 7.06. The minimum atomic E-state index is 0.226. The maximum Gasteiger partial charge on any atom is 0.0419 e. The van der Waals surface area contributed by atoms with Gasteiger partial charge < -0.3 is 5.73 Å². The quantitative estimate of drug-likeness (QED) is 0.900. The Hall–Kier alpha value is -0.410. The molecule has 0 radical (unpaired) electrons. The zero-order valence-corrected chi connectivity index (χ0v) is 10.3. The van der Waals surface area contributed by atoms with Crippen LogP contribution in [0.25, 0.3) is 0 Å². The van der Waals surface area contributed by atoms with Gasteiger partial charge in [0.05, 0.1) is 0 Å². The van der Waals surface area contributed by atoms with E-state index in [0.29, 0.717) is 5.92 Å².